The molecule has 1 rings (SSSR count). The number of nitrogens with one attached hydrogen (secondary N) is 2. The molecule has 1 aromatic rings. The van der Waals surface area contributed by atoms with E-state index in [0.29, 0.717) is 10.8 Å². The lowest BCUT2D eigenvalue weighted by molar-refractivity contribution is 0.941. The predicted octanol–water partition coefficient (Wildman–Crippen LogP) is 0.533. The standard InChI is InChI=1S/C6H9N3OS/c1-7-4-3-8-6(11-2)9-5(4)10/h3,7H,1-2H3,(H,8,9,10). The molecule has 1 heterocycles. The maximum Gasteiger partial charge on any atom is 0.274 e. The maximum absolute atomic E-state index is 11.1. The van der Waals surface area contributed by atoms with Gasteiger partial charge >= 0.3 is 0 Å². The zero-order valence-electron chi connectivity index (χ0n) is 6.34. The molecule has 0 spiro atoms. The number of hydrogen-bond acceptors (Lipinski definition) is 4. The Bertz CT molecular complexity index is 296. The van der Waals surface area contributed by atoms with E-state index in [2.05, 4.69) is 15.3 Å². The van der Waals surface area contributed by atoms with Crippen molar-refractivity contribution in [3.63, 3.8) is 0 Å². The van der Waals surface area contributed by atoms with Crippen LogP contribution in [0.15, 0.2) is 16.1 Å². The molecule has 0 aliphatic rings. The van der Waals surface area contributed by atoms with E-state index >= 15 is 0 Å². The predicted molar refractivity (Wildman–Crippen MR) is 46.2 cm³/mol. The first-order valence-corrected chi connectivity index (χ1v) is 4.31. The zero-order chi connectivity index (χ0) is 8.27. The van der Waals surface area contributed by atoms with Gasteiger partial charge in [-0.05, 0) is 6.26 Å². The number of rotatable bonds is 2. The molecule has 60 valence electrons. The third-order valence-electron chi connectivity index (χ3n) is 1.24. The number of anilines is 1. The Morgan fingerprint density at radius 1 is 1.73 bits per heavy atom. The van der Waals surface area contributed by atoms with Crippen molar-refractivity contribution < 1.29 is 0 Å². The van der Waals surface area contributed by atoms with Crippen LogP contribution in [-0.4, -0.2) is 23.3 Å². The molecule has 11 heavy (non-hydrogen) atoms. The first-order valence-electron chi connectivity index (χ1n) is 3.09. The van der Waals surface area contributed by atoms with E-state index in [1.54, 1.807) is 7.05 Å². The average Bonchev–Trinajstić information content (AvgIpc) is 2.04. The van der Waals surface area contributed by atoms with Gasteiger partial charge in [0.25, 0.3) is 5.56 Å². The summed E-state index contributed by atoms with van der Waals surface area (Å²) in [5.41, 5.74) is 0.356. The van der Waals surface area contributed by atoms with Gasteiger partial charge in [-0.3, -0.25) is 9.78 Å². The minimum absolute atomic E-state index is 0.133. The number of thioether (sulfide) groups is 1. The monoisotopic (exact) mass is 171 g/mol. The second-order valence-corrected chi connectivity index (χ2v) is 2.68. The molecule has 1 aromatic heterocycles. The molecular formula is C6H9N3OS. The molecule has 0 aromatic carbocycles. The van der Waals surface area contributed by atoms with Gasteiger partial charge in [-0.25, -0.2) is 4.98 Å². The van der Waals surface area contributed by atoms with Crippen molar-refractivity contribution in [2.24, 2.45) is 0 Å². The van der Waals surface area contributed by atoms with Gasteiger partial charge < -0.3 is 5.32 Å². The molecule has 0 atom stereocenters. The van der Waals surface area contributed by atoms with E-state index in [-0.39, 0.29) is 5.56 Å². The number of aromatic amines is 1. The van der Waals surface area contributed by atoms with Crippen molar-refractivity contribution in [1.82, 2.24) is 9.97 Å². The second-order valence-electron chi connectivity index (χ2n) is 1.89. The van der Waals surface area contributed by atoms with E-state index in [0.717, 1.165) is 0 Å². The van der Waals surface area contributed by atoms with E-state index in [9.17, 15) is 4.79 Å². The van der Waals surface area contributed by atoms with Gasteiger partial charge in [-0.2, -0.15) is 0 Å². The highest BCUT2D eigenvalue weighted by Gasteiger charge is 1.97. The molecule has 0 saturated heterocycles. The van der Waals surface area contributed by atoms with Crippen LogP contribution in [0, 0.1) is 0 Å². The van der Waals surface area contributed by atoms with Gasteiger partial charge in [0, 0.05) is 7.05 Å². The summed E-state index contributed by atoms with van der Waals surface area (Å²) in [6.07, 6.45) is 3.38. The molecule has 0 aliphatic heterocycles. The van der Waals surface area contributed by atoms with Crippen LogP contribution in [0.5, 0.6) is 0 Å². The lowest BCUT2D eigenvalue weighted by Crippen LogP contribution is -2.12. The average molecular weight is 171 g/mol. The van der Waals surface area contributed by atoms with Crippen LogP contribution in [0.2, 0.25) is 0 Å². The molecule has 0 bridgehead atoms. The molecule has 2 N–H and O–H groups in total. The lowest BCUT2D eigenvalue weighted by atomic mass is 10.5. The Balaban J connectivity index is 3.10. The SMILES string of the molecule is CNc1cnc(SC)[nH]c1=O. The van der Waals surface area contributed by atoms with Gasteiger partial charge in [-0.1, -0.05) is 11.8 Å². The van der Waals surface area contributed by atoms with Crippen LogP contribution >= 0.6 is 11.8 Å². The molecule has 0 unspecified atom stereocenters. The summed E-state index contributed by atoms with van der Waals surface area (Å²) in [6.45, 7) is 0. The molecule has 0 aliphatic carbocycles. The van der Waals surface area contributed by atoms with Gasteiger partial charge in [0.05, 0.1) is 6.20 Å². The lowest BCUT2D eigenvalue weighted by Gasteiger charge is -1.98. The summed E-state index contributed by atoms with van der Waals surface area (Å²) >= 11 is 1.41. The summed E-state index contributed by atoms with van der Waals surface area (Å²) in [5.74, 6) is 0. The molecule has 0 radical (unpaired) electrons. The van der Waals surface area contributed by atoms with E-state index in [4.69, 9.17) is 0 Å². The quantitative estimate of drug-likeness (QED) is 0.503. The van der Waals surface area contributed by atoms with Crippen LogP contribution in [0.3, 0.4) is 0 Å². The van der Waals surface area contributed by atoms with Crippen molar-refractivity contribution in [3.8, 4) is 0 Å². The molecule has 0 amide bonds. The van der Waals surface area contributed by atoms with Crippen molar-refractivity contribution in [1.29, 1.82) is 0 Å². The summed E-state index contributed by atoms with van der Waals surface area (Å²) in [5, 5.41) is 3.36. The molecule has 0 fully saturated rings. The van der Waals surface area contributed by atoms with E-state index in [1.807, 2.05) is 6.26 Å². The van der Waals surface area contributed by atoms with Gasteiger partial charge in [-0.15, -0.1) is 0 Å². The number of H-pyrrole nitrogens is 1. The maximum atomic E-state index is 11.1. The second kappa shape index (κ2) is 3.43. The number of nitrogens with zero attached hydrogens (tertiary/aromatic N) is 1. The Kier molecular flexibility index (Phi) is 2.53. The molecule has 5 heteroatoms. The highest BCUT2D eigenvalue weighted by atomic mass is 32.2. The fourth-order valence-corrected chi connectivity index (χ4v) is 1.01. The van der Waals surface area contributed by atoms with Crippen molar-refractivity contribution in [3.05, 3.63) is 16.6 Å². The van der Waals surface area contributed by atoms with Gasteiger partial charge in [0.2, 0.25) is 0 Å². The highest BCUT2D eigenvalue weighted by molar-refractivity contribution is 7.98. The normalized spacial score (nSPS) is 9.64. The first kappa shape index (κ1) is 8.13. The van der Waals surface area contributed by atoms with Crippen molar-refractivity contribution >= 4 is 17.4 Å². The Morgan fingerprint density at radius 3 is 2.91 bits per heavy atom. The third kappa shape index (κ3) is 1.74. The van der Waals surface area contributed by atoms with Crippen LogP contribution in [0.4, 0.5) is 5.69 Å². The smallest absolute Gasteiger partial charge is 0.274 e. The van der Waals surface area contributed by atoms with Gasteiger partial charge in [0.1, 0.15) is 5.69 Å². The fraction of sp³-hybridized carbons (Fsp3) is 0.333. The fourth-order valence-electron chi connectivity index (χ4n) is 0.660. The highest BCUT2D eigenvalue weighted by Crippen LogP contribution is 2.05. The molecule has 4 nitrogen and oxygen atoms in total. The topological polar surface area (TPSA) is 57.8 Å². The Morgan fingerprint density at radius 2 is 2.45 bits per heavy atom. The minimum Gasteiger partial charge on any atom is -0.382 e. The van der Waals surface area contributed by atoms with E-state index in [1.165, 1.54) is 18.0 Å². The van der Waals surface area contributed by atoms with Crippen molar-refractivity contribution in [2.45, 2.75) is 5.16 Å². The zero-order valence-corrected chi connectivity index (χ0v) is 7.16. The number of hydrogen-bond donors (Lipinski definition) is 2. The third-order valence-corrected chi connectivity index (χ3v) is 1.83. The van der Waals surface area contributed by atoms with Gasteiger partial charge in [0.15, 0.2) is 5.16 Å². The van der Waals surface area contributed by atoms with Crippen LogP contribution in [0.25, 0.3) is 0 Å². The first-order chi connectivity index (χ1) is 5.27. The van der Waals surface area contributed by atoms with Crippen molar-refractivity contribution in [2.75, 3.05) is 18.6 Å². The summed E-state index contributed by atoms with van der Waals surface area (Å²) in [7, 11) is 1.69. The summed E-state index contributed by atoms with van der Waals surface area (Å²) < 4.78 is 0. The minimum atomic E-state index is -0.133. The summed E-state index contributed by atoms with van der Waals surface area (Å²) in [6, 6.07) is 0. The summed E-state index contributed by atoms with van der Waals surface area (Å²) in [4.78, 5) is 17.6. The Hall–Kier alpha value is -0.970. The Labute approximate surface area is 68.4 Å². The van der Waals surface area contributed by atoms with Crippen LogP contribution in [-0.2, 0) is 0 Å². The number of aromatic nitrogens is 2. The van der Waals surface area contributed by atoms with Crippen LogP contribution in [0.1, 0.15) is 0 Å². The largest absolute Gasteiger partial charge is 0.382 e. The molecular weight excluding hydrogens is 162 g/mol. The van der Waals surface area contributed by atoms with Crippen LogP contribution < -0.4 is 10.9 Å². The molecule has 0 saturated carbocycles. The van der Waals surface area contributed by atoms with E-state index < -0.39 is 0 Å².